The lowest BCUT2D eigenvalue weighted by Crippen LogP contribution is -1.91. The van der Waals surface area contributed by atoms with E-state index in [-0.39, 0.29) is 0 Å². The van der Waals surface area contributed by atoms with Crippen LogP contribution in [0.1, 0.15) is 5.56 Å². The summed E-state index contributed by atoms with van der Waals surface area (Å²) in [6, 6.07) is 9.34. The Hall–Kier alpha value is -2.54. The predicted molar refractivity (Wildman–Crippen MR) is 67.5 cm³/mol. The molecule has 90 valence electrons. The first kappa shape index (κ1) is 11.9. The first-order valence-corrected chi connectivity index (χ1v) is 5.36. The minimum atomic E-state index is 0.511. The Morgan fingerprint density at radius 2 is 1.94 bits per heavy atom. The highest BCUT2D eigenvalue weighted by atomic mass is 16.5. The highest BCUT2D eigenvalue weighted by molar-refractivity contribution is 5.72. The Labute approximate surface area is 105 Å². The number of benzene rings is 1. The molecule has 0 radical (unpaired) electrons. The van der Waals surface area contributed by atoms with E-state index >= 15 is 0 Å². The molecule has 0 aliphatic carbocycles. The van der Waals surface area contributed by atoms with Gasteiger partial charge in [-0.1, -0.05) is 0 Å². The van der Waals surface area contributed by atoms with Crippen LogP contribution in [0.15, 0.2) is 36.7 Å². The van der Waals surface area contributed by atoms with Gasteiger partial charge in [-0.25, -0.2) is 0 Å². The van der Waals surface area contributed by atoms with E-state index in [0.717, 1.165) is 16.9 Å². The number of ether oxygens (including phenoxy) is 2. The van der Waals surface area contributed by atoms with E-state index < -0.39 is 0 Å². The van der Waals surface area contributed by atoms with E-state index in [0.29, 0.717) is 11.3 Å². The van der Waals surface area contributed by atoms with Crippen LogP contribution in [0.2, 0.25) is 0 Å². The van der Waals surface area contributed by atoms with Gasteiger partial charge in [0.15, 0.2) is 0 Å². The molecule has 0 bridgehead atoms. The second-order valence-electron chi connectivity index (χ2n) is 3.64. The molecule has 1 heterocycles. The molecule has 2 aromatic rings. The molecule has 0 aliphatic rings. The number of hydrogen-bond acceptors (Lipinski definition) is 4. The van der Waals surface area contributed by atoms with Crippen molar-refractivity contribution in [2.24, 2.45) is 0 Å². The zero-order valence-corrected chi connectivity index (χ0v) is 10.2. The predicted octanol–water partition coefficient (Wildman–Crippen LogP) is 2.64. The molecule has 18 heavy (non-hydrogen) atoms. The molecule has 0 saturated carbocycles. The lowest BCUT2D eigenvalue weighted by atomic mass is 10.0. The van der Waals surface area contributed by atoms with Crippen LogP contribution >= 0.6 is 0 Å². The summed E-state index contributed by atoms with van der Waals surface area (Å²) in [6.07, 6.45) is 3.22. The largest absolute Gasteiger partial charge is 0.497 e. The third-order valence-electron chi connectivity index (χ3n) is 2.58. The van der Waals surface area contributed by atoms with Crippen molar-refractivity contribution in [3.05, 3.63) is 42.2 Å². The van der Waals surface area contributed by atoms with Gasteiger partial charge in [-0.2, -0.15) is 5.26 Å². The lowest BCUT2D eigenvalue weighted by molar-refractivity contribution is 0.404. The maximum Gasteiger partial charge on any atom is 0.127 e. The fraction of sp³-hybridized carbons (Fsp3) is 0.143. The van der Waals surface area contributed by atoms with Crippen molar-refractivity contribution < 1.29 is 9.47 Å². The Bertz CT molecular complexity index is 603. The molecule has 0 fully saturated rings. The minimum absolute atomic E-state index is 0.511. The standard InChI is InChI=1S/C14H12N2O2/c1-17-12-3-4-14(18-2)13(6-12)11-5-10(7-15)8-16-9-11/h3-6,8-9H,1-2H3. The van der Waals surface area contributed by atoms with E-state index in [4.69, 9.17) is 14.7 Å². The maximum atomic E-state index is 8.89. The van der Waals surface area contributed by atoms with Crippen LogP contribution in [0, 0.1) is 11.3 Å². The third-order valence-corrected chi connectivity index (χ3v) is 2.58. The third kappa shape index (κ3) is 2.25. The molecule has 0 N–H and O–H groups in total. The quantitative estimate of drug-likeness (QED) is 0.827. The zero-order chi connectivity index (χ0) is 13.0. The van der Waals surface area contributed by atoms with Gasteiger partial charge in [-0.15, -0.1) is 0 Å². The highest BCUT2D eigenvalue weighted by Crippen LogP contribution is 2.33. The zero-order valence-electron chi connectivity index (χ0n) is 10.2. The Balaban J connectivity index is 2.57. The number of nitrogens with zero attached hydrogens (tertiary/aromatic N) is 2. The maximum absolute atomic E-state index is 8.89. The summed E-state index contributed by atoms with van der Waals surface area (Å²) in [6.45, 7) is 0. The molecule has 2 rings (SSSR count). The summed E-state index contributed by atoms with van der Waals surface area (Å²) >= 11 is 0. The van der Waals surface area contributed by atoms with Crippen molar-refractivity contribution in [3.63, 3.8) is 0 Å². The number of hydrogen-bond donors (Lipinski definition) is 0. The van der Waals surface area contributed by atoms with Gasteiger partial charge in [0.05, 0.1) is 19.8 Å². The summed E-state index contributed by atoms with van der Waals surface area (Å²) in [5.74, 6) is 1.45. The molecular formula is C14H12N2O2. The van der Waals surface area contributed by atoms with Gasteiger partial charge in [0, 0.05) is 23.5 Å². The Morgan fingerprint density at radius 1 is 1.11 bits per heavy atom. The smallest absolute Gasteiger partial charge is 0.127 e. The fourth-order valence-electron chi connectivity index (χ4n) is 1.69. The topological polar surface area (TPSA) is 55.1 Å². The van der Waals surface area contributed by atoms with Crippen molar-refractivity contribution in [1.29, 1.82) is 5.26 Å². The Morgan fingerprint density at radius 3 is 2.61 bits per heavy atom. The number of methoxy groups -OCH3 is 2. The van der Waals surface area contributed by atoms with Crippen molar-refractivity contribution in [2.75, 3.05) is 14.2 Å². The van der Waals surface area contributed by atoms with Crippen molar-refractivity contribution in [2.45, 2.75) is 0 Å². The molecule has 0 aliphatic heterocycles. The molecule has 0 spiro atoms. The van der Waals surface area contributed by atoms with E-state index in [1.54, 1.807) is 26.5 Å². The molecule has 0 atom stereocenters. The van der Waals surface area contributed by atoms with Crippen molar-refractivity contribution >= 4 is 0 Å². The van der Waals surface area contributed by atoms with Gasteiger partial charge in [-0.3, -0.25) is 4.98 Å². The van der Waals surface area contributed by atoms with Crippen LogP contribution in [0.4, 0.5) is 0 Å². The van der Waals surface area contributed by atoms with Gasteiger partial charge in [0.1, 0.15) is 17.6 Å². The van der Waals surface area contributed by atoms with Gasteiger partial charge in [0.2, 0.25) is 0 Å². The van der Waals surface area contributed by atoms with Crippen molar-refractivity contribution in [1.82, 2.24) is 4.98 Å². The fourth-order valence-corrected chi connectivity index (χ4v) is 1.69. The number of aromatic nitrogens is 1. The highest BCUT2D eigenvalue weighted by Gasteiger charge is 2.08. The van der Waals surface area contributed by atoms with Crippen LogP contribution in [0.25, 0.3) is 11.1 Å². The number of nitriles is 1. The second kappa shape index (κ2) is 5.19. The second-order valence-corrected chi connectivity index (χ2v) is 3.64. The van der Waals surface area contributed by atoms with Gasteiger partial charge in [0.25, 0.3) is 0 Å². The van der Waals surface area contributed by atoms with Crippen LogP contribution in [0.3, 0.4) is 0 Å². The normalized spacial score (nSPS) is 9.61. The molecule has 0 unspecified atom stereocenters. The van der Waals surface area contributed by atoms with Crippen LogP contribution in [-0.2, 0) is 0 Å². The molecule has 1 aromatic heterocycles. The minimum Gasteiger partial charge on any atom is -0.497 e. The van der Waals surface area contributed by atoms with Crippen LogP contribution in [-0.4, -0.2) is 19.2 Å². The molecule has 0 amide bonds. The molecule has 4 heteroatoms. The number of rotatable bonds is 3. The average molecular weight is 240 g/mol. The summed E-state index contributed by atoms with van der Waals surface area (Å²) in [7, 11) is 3.21. The SMILES string of the molecule is COc1ccc(OC)c(-c2cncc(C#N)c2)c1. The monoisotopic (exact) mass is 240 g/mol. The molecule has 4 nitrogen and oxygen atoms in total. The number of pyridine rings is 1. The van der Waals surface area contributed by atoms with E-state index in [9.17, 15) is 0 Å². The van der Waals surface area contributed by atoms with E-state index in [2.05, 4.69) is 11.1 Å². The summed E-state index contributed by atoms with van der Waals surface area (Å²) in [4.78, 5) is 4.04. The van der Waals surface area contributed by atoms with E-state index in [1.165, 1.54) is 6.20 Å². The van der Waals surface area contributed by atoms with Crippen LogP contribution in [0.5, 0.6) is 11.5 Å². The van der Waals surface area contributed by atoms with E-state index in [1.807, 2.05) is 18.2 Å². The first-order chi connectivity index (χ1) is 8.78. The summed E-state index contributed by atoms with van der Waals surface area (Å²) in [5.41, 5.74) is 2.18. The van der Waals surface area contributed by atoms with Gasteiger partial charge >= 0.3 is 0 Å². The molecule has 0 saturated heterocycles. The van der Waals surface area contributed by atoms with Gasteiger partial charge in [-0.05, 0) is 24.3 Å². The van der Waals surface area contributed by atoms with Crippen LogP contribution < -0.4 is 9.47 Å². The average Bonchev–Trinajstić information content (AvgIpc) is 2.46. The van der Waals surface area contributed by atoms with Crippen molar-refractivity contribution in [3.8, 4) is 28.7 Å². The summed E-state index contributed by atoms with van der Waals surface area (Å²) < 4.78 is 10.5. The lowest BCUT2D eigenvalue weighted by Gasteiger charge is -2.10. The first-order valence-electron chi connectivity index (χ1n) is 5.36. The molecule has 1 aromatic carbocycles. The van der Waals surface area contributed by atoms with Gasteiger partial charge < -0.3 is 9.47 Å². The molecular weight excluding hydrogens is 228 g/mol. The Kier molecular flexibility index (Phi) is 3.44. The summed E-state index contributed by atoms with van der Waals surface area (Å²) in [5, 5.41) is 8.89.